The number of aryl methyl sites for hydroxylation is 2. The zero-order valence-corrected chi connectivity index (χ0v) is 10.9. The Morgan fingerprint density at radius 1 is 1.33 bits per heavy atom. The van der Waals surface area contributed by atoms with Crippen molar-refractivity contribution in [3.63, 3.8) is 0 Å². The van der Waals surface area contributed by atoms with Crippen LogP contribution in [0.1, 0.15) is 25.1 Å². The summed E-state index contributed by atoms with van der Waals surface area (Å²) in [7, 11) is 0. The molecule has 3 N–H and O–H groups in total. The van der Waals surface area contributed by atoms with Crippen LogP contribution in [0.4, 0.5) is 5.82 Å². The quantitative estimate of drug-likeness (QED) is 0.631. The zero-order chi connectivity index (χ0) is 13.1. The topological polar surface area (TPSA) is 81.7 Å². The molecule has 0 aliphatic carbocycles. The van der Waals surface area contributed by atoms with Crippen molar-refractivity contribution in [1.82, 2.24) is 19.7 Å². The molecule has 96 valence electrons. The number of nitrogens with two attached hydrogens (primary N) is 1. The van der Waals surface area contributed by atoms with E-state index in [0.29, 0.717) is 11.6 Å². The number of rotatable bonds is 4. The largest absolute Gasteiger partial charge is 0.308 e. The highest BCUT2D eigenvalue weighted by atomic mass is 15.3. The van der Waals surface area contributed by atoms with Gasteiger partial charge in [0.15, 0.2) is 5.82 Å². The SMILES string of the molecule is CCc1c(C)nc(-c2cnn(CC)c2)nc1NN. The van der Waals surface area contributed by atoms with E-state index in [0.717, 1.165) is 29.8 Å². The van der Waals surface area contributed by atoms with Crippen molar-refractivity contribution >= 4 is 5.82 Å². The molecule has 0 amide bonds. The first-order valence-corrected chi connectivity index (χ1v) is 6.06. The van der Waals surface area contributed by atoms with Gasteiger partial charge in [0.2, 0.25) is 0 Å². The third kappa shape index (κ3) is 2.19. The number of nitrogen functional groups attached to an aromatic ring is 1. The molecule has 0 bridgehead atoms. The van der Waals surface area contributed by atoms with Crippen LogP contribution in [0.2, 0.25) is 0 Å². The summed E-state index contributed by atoms with van der Waals surface area (Å²) in [6, 6.07) is 0. The summed E-state index contributed by atoms with van der Waals surface area (Å²) in [5.74, 6) is 6.85. The molecule has 2 heterocycles. The second kappa shape index (κ2) is 5.14. The molecule has 0 saturated heterocycles. The molecule has 0 aliphatic rings. The highest BCUT2D eigenvalue weighted by Crippen LogP contribution is 2.21. The molecule has 0 atom stereocenters. The molecule has 2 aromatic heterocycles. The molecular weight excluding hydrogens is 228 g/mol. The Bertz CT molecular complexity index is 545. The Morgan fingerprint density at radius 3 is 2.67 bits per heavy atom. The van der Waals surface area contributed by atoms with Crippen LogP contribution in [-0.2, 0) is 13.0 Å². The molecule has 0 unspecified atom stereocenters. The van der Waals surface area contributed by atoms with E-state index in [1.165, 1.54) is 0 Å². The molecule has 2 aromatic rings. The van der Waals surface area contributed by atoms with E-state index in [1.807, 2.05) is 24.7 Å². The molecule has 18 heavy (non-hydrogen) atoms. The third-order valence-electron chi connectivity index (χ3n) is 2.92. The number of nitrogens with zero attached hydrogens (tertiary/aromatic N) is 4. The number of hydrogen-bond donors (Lipinski definition) is 2. The minimum atomic E-state index is 0.650. The summed E-state index contributed by atoms with van der Waals surface area (Å²) in [4.78, 5) is 8.95. The highest BCUT2D eigenvalue weighted by Gasteiger charge is 2.11. The van der Waals surface area contributed by atoms with E-state index < -0.39 is 0 Å². The van der Waals surface area contributed by atoms with Crippen LogP contribution in [0.15, 0.2) is 12.4 Å². The Balaban J connectivity index is 2.48. The summed E-state index contributed by atoms with van der Waals surface area (Å²) in [5, 5.41) is 4.22. The molecule has 6 nitrogen and oxygen atoms in total. The van der Waals surface area contributed by atoms with Crippen molar-refractivity contribution in [2.75, 3.05) is 5.43 Å². The summed E-state index contributed by atoms with van der Waals surface area (Å²) in [6.07, 6.45) is 4.55. The van der Waals surface area contributed by atoms with Crippen molar-refractivity contribution in [3.8, 4) is 11.4 Å². The van der Waals surface area contributed by atoms with E-state index in [1.54, 1.807) is 6.20 Å². The second-order valence-electron chi connectivity index (χ2n) is 4.04. The molecular formula is C12H18N6. The van der Waals surface area contributed by atoms with Gasteiger partial charge in [-0.1, -0.05) is 6.92 Å². The lowest BCUT2D eigenvalue weighted by molar-refractivity contribution is 0.660. The first-order chi connectivity index (χ1) is 8.69. The molecule has 0 aromatic carbocycles. The normalized spacial score (nSPS) is 10.7. The fourth-order valence-electron chi connectivity index (χ4n) is 1.92. The lowest BCUT2D eigenvalue weighted by atomic mass is 10.1. The highest BCUT2D eigenvalue weighted by molar-refractivity contribution is 5.58. The maximum absolute atomic E-state index is 5.51. The van der Waals surface area contributed by atoms with Gasteiger partial charge >= 0.3 is 0 Å². The molecule has 2 rings (SSSR count). The van der Waals surface area contributed by atoms with Gasteiger partial charge in [-0.15, -0.1) is 0 Å². The smallest absolute Gasteiger partial charge is 0.165 e. The first kappa shape index (κ1) is 12.5. The molecule has 0 aliphatic heterocycles. The monoisotopic (exact) mass is 246 g/mol. The Hall–Kier alpha value is -1.95. The van der Waals surface area contributed by atoms with Gasteiger partial charge in [-0.2, -0.15) is 5.10 Å². The van der Waals surface area contributed by atoms with Gasteiger partial charge < -0.3 is 5.43 Å². The summed E-state index contributed by atoms with van der Waals surface area (Å²) in [6.45, 7) is 6.89. The van der Waals surface area contributed by atoms with Crippen LogP contribution < -0.4 is 11.3 Å². The second-order valence-corrected chi connectivity index (χ2v) is 4.04. The van der Waals surface area contributed by atoms with Crippen molar-refractivity contribution < 1.29 is 0 Å². The van der Waals surface area contributed by atoms with E-state index in [4.69, 9.17) is 5.84 Å². The number of anilines is 1. The fraction of sp³-hybridized carbons (Fsp3) is 0.417. The first-order valence-electron chi connectivity index (χ1n) is 6.06. The number of hydrazine groups is 1. The lowest BCUT2D eigenvalue weighted by Crippen LogP contribution is -2.13. The molecule has 6 heteroatoms. The van der Waals surface area contributed by atoms with Crippen LogP contribution >= 0.6 is 0 Å². The number of nitrogens with one attached hydrogen (secondary N) is 1. The minimum absolute atomic E-state index is 0.650. The molecule has 0 saturated carbocycles. The van der Waals surface area contributed by atoms with Crippen molar-refractivity contribution in [2.45, 2.75) is 33.7 Å². The average Bonchev–Trinajstić information content (AvgIpc) is 2.86. The van der Waals surface area contributed by atoms with Crippen LogP contribution in [0, 0.1) is 6.92 Å². The molecule has 0 radical (unpaired) electrons. The fourth-order valence-corrected chi connectivity index (χ4v) is 1.92. The maximum Gasteiger partial charge on any atom is 0.165 e. The van der Waals surface area contributed by atoms with Crippen LogP contribution in [0.5, 0.6) is 0 Å². The predicted molar refractivity (Wildman–Crippen MR) is 70.9 cm³/mol. The number of aromatic nitrogens is 4. The molecule has 0 spiro atoms. The Morgan fingerprint density at radius 2 is 2.11 bits per heavy atom. The Kier molecular flexibility index (Phi) is 3.57. The van der Waals surface area contributed by atoms with Gasteiger partial charge in [0.1, 0.15) is 5.82 Å². The maximum atomic E-state index is 5.51. The number of hydrogen-bond acceptors (Lipinski definition) is 5. The lowest BCUT2D eigenvalue weighted by Gasteiger charge is -2.10. The standard InChI is InChI=1S/C12H18N6/c1-4-10-8(3)15-11(16-12(10)17-13)9-6-14-18(5-2)7-9/h6-7H,4-5,13H2,1-3H3,(H,15,16,17). The van der Waals surface area contributed by atoms with E-state index in [2.05, 4.69) is 27.4 Å². The van der Waals surface area contributed by atoms with Crippen molar-refractivity contribution in [2.24, 2.45) is 5.84 Å². The summed E-state index contributed by atoms with van der Waals surface area (Å²) in [5.41, 5.74) is 5.53. The van der Waals surface area contributed by atoms with E-state index in [-0.39, 0.29) is 0 Å². The van der Waals surface area contributed by atoms with Crippen LogP contribution in [0.3, 0.4) is 0 Å². The van der Waals surface area contributed by atoms with E-state index in [9.17, 15) is 0 Å². The average molecular weight is 246 g/mol. The summed E-state index contributed by atoms with van der Waals surface area (Å²) >= 11 is 0. The Labute approximate surface area is 106 Å². The van der Waals surface area contributed by atoms with Crippen molar-refractivity contribution in [1.29, 1.82) is 0 Å². The molecule has 0 fully saturated rings. The van der Waals surface area contributed by atoms with Gasteiger partial charge in [-0.25, -0.2) is 15.8 Å². The van der Waals surface area contributed by atoms with Crippen LogP contribution in [-0.4, -0.2) is 19.7 Å². The minimum Gasteiger partial charge on any atom is -0.308 e. The van der Waals surface area contributed by atoms with E-state index >= 15 is 0 Å². The van der Waals surface area contributed by atoms with Gasteiger partial charge in [0.05, 0.1) is 11.8 Å². The van der Waals surface area contributed by atoms with Crippen LogP contribution in [0.25, 0.3) is 11.4 Å². The summed E-state index contributed by atoms with van der Waals surface area (Å²) < 4.78 is 1.84. The van der Waals surface area contributed by atoms with Gasteiger partial charge in [0.25, 0.3) is 0 Å². The third-order valence-corrected chi connectivity index (χ3v) is 2.92. The predicted octanol–water partition coefficient (Wildman–Crippen LogP) is 1.52. The van der Waals surface area contributed by atoms with Gasteiger partial charge in [-0.3, -0.25) is 4.68 Å². The zero-order valence-electron chi connectivity index (χ0n) is 10.9. The van der Waals surface area contributed by atoms with Crippen molar-refractivity contribution in [3.05, 3.63) is 23.7 Å². The van der Waals surface area contributed by atoms with Gasteiger partial charge in [-0.05, 0) is 20.3 Å². The van der Waals surface area contributed by atoms with Gasteiger partial charge in [0, 0.05) is 24.0 Å².